The van der Waals surface area contributed by atoms with Gasteiger partial charge in [-0.1, -0.05) is 30.3 Å². The topological polar surface area (TPSA) is 87.0 Å². The summed E-state index contributed by atoms with van der Waals surface area (Å²) in [5, 5.41) is 30.1. The molecule has 0 radical (unpaired) electrons. The van der Waals surface area contributed by atoms with Crippen LogP contribution in [0.2, 0.25) is 0 Å². The van der Waals surface area contributed by atoms with E-state index in [1.165, 1.54) is 0 Å². The molecule has 5 heteroatoms. The van der Waals surface area contributed by atoms with E-state index in [-0.39, 0.29) is 0 Å². The molecule has 2 aromatic rings. The van der Waals surface area contributed by atoms with Crippen LogP contribution in [-0.2, 0) is 4.79 Å². The van der Waals surface area contributed by atoms with Crippen LogP contribution in [0, 0.1) is 0 Å². The van der Waals surface area contributed by atoms with Crippen LogP contribution < -0.4 is 4.74 Å². The zero-order valence-corrected chi connectivity index (χ0v) is 11.0. The zero-order valence-electron chi connectivity index (χ0n) is 11.0. The highest BCUT2D eigenvalue weighted by molar-refractivity contribution is 5.91. The molecular weight excluding hydrogens is 260 g/mol. The average Bonchev–Trinajstić information content (AvgIpc) is 2.44. The molecule has 2 atom stereocenters. The third-order valence-corrected chi connectivity index (χ3v) is 3.20. The summed E-state index contributed by atoms with van der Waals surface area (Å²) in [5.74, 6) is -0.501. The second-order valence-electron chi connectivity index (χ2n) is 4.51. The van der Waals surface area contributed by atoms with E-state index in [0.29, 0.717) is 11.3 Å². The van der Waals surface area contributed by atoms with Crippen molar-refractivity contribution in [3.63, 3.8) is 0 Å². The van der Waals surface area contributed by atoms with Crippen molar-refractivity contribution in [1.82, 2.24) is 0 Å². The normalized spacial score (nSPS) is 13.9. The van der Waals surface area contributed by atoms with E-state index >= 15 is 0 Å². The van der Waals surface area contributed by atoms with Gasteiger partial charge < -0.3 is 20.1 Å². The summed E-state index contributed by atoms with van der Waals surface area (Å²) in [6.45, 7) is 0. The molecule has 5 nitrogen and oxygen atoms in total. The van der Waals surface area contributed by atoms with E-state index in [9.17, 15) is 15.0 Å². The summed E-state index contributed by atoms with van der Waals surface area (Å²) in [6, 6.07) is 10.6. The van der Waals surface area contributed by atoms with Crippen LogP contribution in [0.25, 0.3) is 10.8 Å². The first-order valence-corrected chi connectivity index (χ1v) is 6.18. The summed E-state index contributed by atoms with van der Waals surface area (Å²) in [5.41, 5.74) is 0.482. The Morgan fingerprint density at radius 2 is 1.80 bits per heavy atom. The predicted molar refractivity (Wildman–Crippen MR) is 73.7 cm³/mol. The van der Waals surface area contributed by atoms with Crippen molar-refractivity contribution in [3.05, 3.63) is 42.0 Å². The lowest BCUT2D eigenvalue weighted by Crippen LogP contribution is -2.22. The molecule has 0 aliphatic heterocycles. The van der Waals surface area contributed by atoms with Crippen LogP contribution in [0.15, 0.2) is 36.4 Å². The summed E-state index contributed by atoms with van der Waals surface area (Å²) in [4.78, 5) is 10.6. The molecular formula is C15H16O5. The smallest absolute Gasteiger partial charge is 0.306 e. The molecule has 106 valence electrons. The summed E-state index contributed by atoms with van der Waals surface area (Å²) >= 11 is 0. The Labute approximate surface area is 116 Å². The van der Waals surface area contributed by atoms with E-state index in [1.807, 2.05) is 18.2 Å². The number of carboxylic acid groups (broad SMARTS) is 1. The number of aliphatic hydroxyl groups excluding tert-OH is 2. The average molecular weight is 276 g/mol. The SMILES string of the molecule is COc1ccc(C(O)C(O)CC(=O)O)c2ccccc12. The number of fused-ring (bicyclic) bond motifs is 1. The van der Waals surface area contributed by atoms with Crippen molar-refractivity contribution in [2.45, 2.75) is 18.6 Å². The van der Waals surface area contributed by atoms with Gasteiger partial charge >= 0.3 is 5.97 Å². The van der Waals surface area contributed by atoms with Gasteiger partial charge in [0.1, 0.15) is 11.9 Å². The lowest BCUT2D eigenvalue weighted by atomic mass is 9.95. The van der Waals surface area contributed by atoms with E-state index in [2.05, 4.69) is 0 Å². The molecule has 0 spiro atoms. The molecule has 0 aliphatic carbocycles. The van der Waals surface area contributed by atoms with Gasteiger partial charge in [0.05, 0.1) is 19.6 Å². The number of methoxy groups -OCH3 is 1. The first-order valence-electron chi connectivity index (χ1n) is 6.18. The van der Waals surface area contributed by atoms with E-state index in [4.69, 9.17) is 9.84 Å². The Morgan fingerprint density at radius 1 is 1.15 bits per heavy atom. The number of rotatable bonds is 5. The quantitative estimate of drug-likeness (QED) is 0.774. The fraction of sp³-hybridized carbons (Fsp3) is 0.267. The number of benzene rings is 2. The minimum absolute atomic E-state index is 0.482. The largest absolute Gasteiger partial charge is 0.496 e. The third kappa shape index (κ3) is 2.74. The maximum Gasteiger partial charge on any atom is 0.306 e. The molecule has 0 saturated heterocycles. The molecule has 0 saturated carbocycles. The van der Waals surface area contributed by atoms with Crippen LogP contribution in [-0.4, -0.2) is 34.5 Å². The molecule has 0 aromatic heterocycles. The fourth-order valence-electron chi connectivity index (χ4n) is 2.23. The lowest BCUT2D eigenvalue weighted by molar-refractivity contribution is -0.141. The molecule has 2 aromatic carbocycles. The van der Waals surface area contributed by atoms with Crippen molar-refractivity contribution < 1.29 is 24.9 Å². The standard InChI is InChI=1S/C15H16O5/c1-20-13-7-6-11(9-4-2-3-5-10(9)13)15(19)12(16)8-14(17)18/h2-7,12,15-16,19H,8H2,1H3,(H,17,18). The molecule has 0 aliphatic rings. The molecule has 3 N–H and O–H groups in total. The first kappa shape index (κ1) is 14.3. The second-order valence-corrected chi connectivity index (χ2v) is 4.51. The molecule has 0 bridgehead atoms. The van der Waals surface area contributed by atoms with Gasteiger partial charge in [-0.25, -0.2) is 0 Å². The number of aliphatic hydroxyl groups is 2. The van der Waals surface area contributed by atoms with Crippen molar-refractivity contribution in [2.75, 3.05) is 7.11 Å². The van der Waals surface area contributed by atoms with Gasteiger partial charge in [0.2, 0.25) is 0 Å². The van der Waals surface area contributed by atoms with Crippen LogP contribution >= 0.6 is 0 Å². The Hall–Kier alpha value is -2.11. The molecule has 0 fully saturated rings. The maximum atomic E-state index is 10.6. The molecule has 2 unspecified atom stereocenters. The highest BCUT2D eigenvalue weighted by atomic mass is 16.5. The Bertz CT molecular complexity index is 623. The summed E-state index contributed by atoms with van der Waals surface area (Å²) in [6.07, 6.45) is -3.13. The van der Waals surface area contributed by atoms with Crippen LogP contribution in [0.5, 0.6) is 5.75 Å². The maximum absolute atomic E-state index is 10.6. The third-order valence-electron chi connectivity index (χ3n) is 3.20. The van der Waals surface area contributed by atoms with Crippen molar-refractivity contribution >= 4 is 16.7 Å². The highest BCUT2D eigenvalue weighted by Gasteiger charge is 2.23. The monoisotopic (exact) mass is 276 g/mol. The number of aliphatic carboxylic acids is 1. The summed E-state index contributed by atoms with van der Waals surface area (Å²) in [7, 11) is 1.55. The van der Waals surface area contributed by atoms with Crippen LogP contribution in [0.3, 0.4) is 0 Å². The predicted octanol–water partition coefficient (Wildman–Crippen LogP) is 1.72. The van der Waals surface area contributed by atoms with Gasteiger partial charge in [-0.05, 0) is 17.0 Å². The zero-order chi connectivity index (χ0) is 14.7. The van der Waals surface area contributed by atoms with Gasteiger partial charge in [-0.15, -0.1) is 0 Å². The van der Waals surface area contributed by atoms with E-state index < -0.39 is 24.6 Å². The number of hydrogen-bond donors (Lipinski definition) is 3. The minimum atomic E-state index is -1.36. The van der Waals surface area contributed by atoms with Crippen molar-refractivity contribution in [2.24, 2.45) is 0 Å². The van der Waals surface area contributed by atoms with Gasteiger partial charge in [0, 0.05) is 5.39 Å². The Kier molecular flexibility index (Phi) is 4.22. The number of carboxylic acids is 1. The molecule has 2 rings (SSSR count). The number of hydrogen-bond acceptors (Lipinski definition) is 4. The Morgan fingerprint density at radius 3 is 2.40 bits per heavy atom. The molecule has 0 heterocycles. The van der Waals surface area contributed by atoms with Gasteiger partial charge in [0.25, 0.3) is 0 Å². The van der Waals surface area contributed by atoms with Gasteiger partial charge in [0.15, 0.2) is 0 Å². The second kappa shape index (κ2) is 5.90. The van der Waals surface area contributed by atoms with E-state index in [0.717, 1.165) is 10.8 Å². The number of carbonyl (C=O) groups is 1. The van der Waals surface area contributed by atoms with Crippen molar-refractivity contribution in [1.29, 1.82) is 0 Å². The number of ether oxygens (including phenoxy) is 1. The Balaban J connectivity index is 2.47. The van der Waals surface area contributed by atoms with Gasteiger partial charge in [-0.2, -0.15) is 0 Å². The van der Waals surface area contributed by atoms with Crippen LogP contribution in [0.1, 0.15) is 18.1 Å². The minimum Gasteiger partial charge on any atom is -0.496 e. The van der Waals surface area contributed by atoms with E-state index in [1.54, 1.807) is 25.3 Å². The molecule has 20 heavy (non-hydrogen) atoms. The first-order chi connectivity index (χ1) is 9.54. The highest BCUT2D eigenvalue weighted by Crippen LogP contribution is 2.33. The van der Waals surface area contributed by atoms with Crippen molar-refractivity contribution in [3.8, 4) is 5.75 Å². The van der Waals surface area contributed by atoms with Crippen LogP contribution in [0.4, 0.5) is 0 Å². The molecule has 0 amide bonds. The fourth-order valence-corrected chi connectivity index (χ4v) is 2.23. The van der Waals surface area contributed by atoms with Gasteiger partial charge in [-0.3, -0.25) is 4.79 Å². The lowest BCUT2D eigenvalue weighted by Gasteiger charge is -2.19. The summed E-state index contributed by atoms with van der Waals surface area (Å²) < 4.78 is 5.25.